The Kier molecular flexibility index (Phi) is 4.27. The van der Waals surface area contributed by atoms with E-state index in [9.17, 15) is 13.0 Å². The molecule has 0 aliphatic rings. The quantitative estimate of drug-likeness (QED) is 0.689. The normalized spacial score (nSPS) is 14.9. The molecular weight excluding hydrogens is 207 g/mol. The SMILES string of the molecule is C[P+](=O)C/C=C/S(=O)(=O)C(C)(C)C. The minimum Gasteiger partial charge on any atom is -0.224 e. The van der Waals surface area contributed by atoms with Gasteiger partial charge >= 0.3 is 7.80 Å². The predicted molar refractivity (Wildman–Crippen MR) is 56.2 cm³/mol. The van der Waals surface area contributed by atoms with Crippen molar-refractivity contribution in [3.05, 3.63) is 11.5 Å². The zero-order valence-electron chi connectivity index (χ0n) is 8.44. The van der Waals surface area contributed by atoms with E-state index in [1.54, 1.807) is 27.4 Å². The molecule has 5 heteroatoms. The van der Waals surface area contributed by atoms with Gasteiger partial charge in [0.15, 0.2) is 16.0 Å². The predicted octanol–water partition coefficient (Wildman–Crippen LogP) is 2.17. The van der Waals surface area contributed by atoms with Crippen molar-refractivity contribution in [1.82, 2.24) is 0 Å². The Morgan fingerprint density at radius 3 is 2.08 bits per heavy atom. The van der Waals surface area contributed by atoms with E-state index in [0.717, 1.165) is 5.41 Å². The highest BCUT2D eigenvalue weighted by Gasteiger charge is 2.26. The van der Waals surface area contributed by atoms with Crippen LogP contribution in [0.25, 0.3) is 0 Å². The third-order valence-electron chi connectivity index (χ3n) is 1.49. The zero-order chi connectivity index (χ0) is 10.7. The summed E-state index contributed by atoms with van der Waals surface area (Å²) < 4.78 is 32.8. The summed E-state index contributed by atoms with van der Waals surface area (Å²) in [6.45, 7) is 6.49. The average Bonchev–Trinajstić information content (AvgIpc) is 1.82. The number of hydrogen-bond donors (Lipinski definition) is 0. The van der Waals surface area contributed by atoms with Crippen LogP contribution < -0.4 is 0 Å². The topological polar surface area (TPSA) is 51.2 Å². The molecule has 76 valence electrons. The first kappa shape index (κ1) is 12.8. The van der Waals surface area contributed by atoms with Crippen LogP contribution in [0, 0.1) is 0 Å². The summed E-state index contributed by atoms with van der Waals surface area (Å²) in [7, 11) is -4.49. The maximum atomic E-state index is 11.5. The Hall–Kier alpha value is -0.210. The van der Waals surface area contributed by atoms with Crippen molar-refractivity contribution in [2.24, 2.45) is 0 Å². The van der Waals surface area contributed by atoms with Crippen molar-refractivity contribution in [2.45, 2.75) is 25.5 Å². The van der Waals surface area contributed by atoms with Crippen molar-refractivity contribution < 1.29 is 13.0 Å². The van der Waals surface area contributed by atoms with E-state index in [2.05, 4.69) is 0 Å². The summed E-state index contributed by atoms with van der Waals surface area (Å²) >= 11 is 0. The smallest absolute Gasteiger partial charge is 0.224 e. The molecule has 1 atom stereocenters. The molecule has 3 nitrogen and oxygen atoms in total. The van der Waals surface area contributed by atoms with Gasteiger partial charge in [0, 0.05) is 5.41 Å². The lowest BCUT2D eigenvalue weighted by atomic mass is 10.3. The Labute approximate surface area is 80.9 Å². The summed E-state index contributed by atoms with van der Waals surface area (Å²) in [6.07, 6.45) is 1.78. The number of sulfone groups is 1. The fraction of sp³-hybridized carbons (Fsp3) is 0.750. The molecule has 13 heavy (non-hydrogen) atoms. The van der Waals surface area contributed by atoms with Crippen LogP contribution >= 0.6 is 7.80 Å². The van der Waals surface area contributed by atoms with E-state index in [4.69, 9.17) is 0 Å². The second kappa shape index (κ2) is 4.34. The molecule has 1 unspecified atom stereocenters. The van der Waals surface area contributed by atoms with Gasteiger partial charge in [-0.2, -0.15) is 0 Å². The summed E-state index contributed by atoms with van der Waals surface area (Å²) in [5, 5.41) is 1.16. The molecule has 0 saturated heterocycles. The van der Waals surface area contributed by atoms with Crippen LogP contribution in [0.3, 0.4) is 0 Å². The second-order valence-corrected chi connectivity index (χ2v) is 8.05. The van der Waals surface area contributed by atoms with Gasteiger partial charge in [0.25, 0.3) is 0 Å². The highest BCUT2D eigenvalue weighted by molar-refractivity contribution is 7.95. The Balaban J connectivity index is 4.54. The Morgan fingerprint density at radius 2 is 1.77 bits per heavy atom. The van der Waals surface area contributed by atoms with Crippen molar-refractivity contribution in [3.8, 4) is 0 Å². The zero-order valence-corrected chi connectivity index (χ0v) is 10.2. The maximum Gasteiger partial charge on any atom is 0.339 e. The van der Waals surface area contributed by atoms with E-state index in [1.165, 1.54) is 6.08 Å². The molecule has 0 spiro atoms. The third-order valence-corrected chi connectivity index (χ3v) is 4.47. The van der Waals surface area contributed by atoms with Gasteiger partial charge in [0.2, 0.25) is 0 Å². The lowest BCUT2D eigenvalue weighted by Gasteiger charge is -2.15. The van der Waals surface area contributed by atoms with Crippen LogP contribution in [0.5, 0.6) is 0 Å². The summed E-state index contributed by atoms with van der Waals surface area (Å²) in [6, 6.07) is 0. The van der Waals surface area contributed by atoms with Crippen LogP contribution in [0.1, 0.15) is 20.8 Å². The van der Waals surface area contributed by atoms with E-state index in [0.29, 0.717) is 6.16 Å². The van der Waals surface area contributed by atoms with E-state index < -0.39 is 22.4 Å². The molecule has 0 N–H and O–H groups in total. The molecule has 0 rings (SSSR count). The molecule has 0 saturated carbocycles. The molecule has 0 radical (unpaired) electrons. The van der Waals surface area contributed by atoms with Gasteiger partial charge in [-0.25, -0.2) is 8.42 Å². The highest BCUT2D eigenvalue weighted by atomic mass is 32.2. The fourth-order valence-electron chi connectivity index (χ4n) is 0.522. The van der Waals surface area contributed by atoms with Gasteiger partial charge in [-0.3, -0.25) is 0 Å². The average molecular weight is 223 g/mol. The molecule has 0 aromatic carbocycles. The number of rotatable bonds is 3. The first-order valence-electron chi connectivity index (χ1n) is 3.96. The van der Waals surface area contributed by atoms with Crippen molar-refractivity contribution in [3.63, 3.8) is 0 Å². The van der Waals surface area contributed by atoms with Crippen molar-refractivity contribution in [1.29, 1.82) is 0 Å². The van der Waals surface area contributed by atoms with Crippen LogP contribution in [0.2, 0.25) is 0 Å². The second-order valence-electron chi connectivity index (χ2n) is 3.84. The third kappa shape index (κ3) is 4.53. The van der Waals surface area contributed by atoms with Crippen LogP contribution in [-0.4, -0.2) is 26.0 Å². The first-order valence-corrected chi connectivity index (χ1v) is 7.40. The van der Waals surface area contributed by atoms with Gasteiger partial charge < -0.3 is 0 Å². The molecule has 0 bridgehead atoms. The number of hydrogen-bond acceptors (Lipinski definition) is 3. The van der Waals surface area contributed by atoms with Crippen molar-refractivity contribution >= 4 is 17.6 Å². The van der Waals surface area contributed by atoms with E-state index >= 15 is 0 Å². The van der Waals surface area contributed by atoms with Crippen LogP contribution in [-0.2, 0) is 14.4 Å². The van der Waals surface area contributed by atoms with Crippen LogP contribution in [0.4, 0.5) is 0 Å². The van der Waals surface area contributed by atoms with Gasteiger partial charge in [-0.05, 0) is 26.8 Å². The summed E-state index contributed by atoms with van der Waals surface area (Å²) in [5.41, 5.74) is 0. The largest absolute Gasteiger partial charge is 0.339 e. The molecule has 0 heterocycles. The molecule has 0 aliphatic carbocycles. The molecular formula is C8H16O3PS+. The lowest BCUT2D eigenvalue weighted by Crippen LogP contribution is -2.25. The monoisotopic (exact) mass is 223 g/mol. The lowest BCUT2D eigenvalue weighted by molar-refractivity contribution is 0.570. The van der Waals surface area contributed by atoms with Gasteiger partial charge in [-0.1, -0.05) is 4.57 Å². The Bertz CT molecular complexity index is 309. The maximum absolute atomic E-state index is 11.5. The van der Waals surface area contributed by atoms with Crippen molar-refractivity contribution in [2.75, 3.05) is 12.8 Å². The van der Waals surface area contributed by atoms with Gasteiger partial charge in [0.05, 0.1) is 4.75 Å². The first-order chi connectivity index (χ1) is 5.67. The summed E-state index contributed by atoms with van der Waals surface area (Å²) in [4.78, 5) is 0. The van der Waals surface area contributed by atoms with Gasteiger partial charge in [-0.15, -0.1) is 0 Å². The van der Waals surface area contributed by atoms with E-state index in [-0.39, 0.29) is 0 Å². The Morgan fingerprint density at radius 1 is 1.31 bits per heavy atom. The molecule has 0 aromatic rings. The number of allylic oxidation sites excluding steroid dienone is 1. The highest BCUT2D eigenvalue weighted by Crippen LogP contribution is 2.18. The molecule has 0 fully saturated rings. The molecule has 0 aromatic heterocycles. The van der Waals surface area contributed by atoms with E-state index in [1.807, 2.05) is 0 Å². The fourth-order valence-corrected chi connectivity index (χ4v) is 1.83. The molecule has 0 aliphatic heterocycles. The minimum absolute atomic E-state index is 0.324. The molecule has 0 amide bonds. The minimum atomic E-state index is -3.20. The van der Waals surface area contributed by atoms with Gasteiger partial charge in [0.1, 0.15) is 6.66 Å². The van der Waals surface area contributed by atoms with Crippen LogP contribution in [0.15, 0.2) is 11.5 Å². The summed E-state index contributed by atoms with van der Waals surface area (Å²) in [5.74, 6) is 0. The standard InChI is InChI=1S/C8H16O3PS/c1-8(2,3)13(10,11)7-5-6-12(4)9/h5,7H,6H2,1-4H3/q+1/b7-5+.